The molecule has 0 aromatic rings. The molecule has 1 spiro atoms. The van der Waals surface area contributed by atoms with Crippen molar-refractivity contribution in [2.75, 3.05) is 0 Å². The van der Waals surface area contributed by atoms with Gasteiger partial charge in [0.05, 0.1) is 6.10 Å². The summed E-state index contributed by atoms with van der Waals surface area (Å²) in [6.07, 6.45) is 7.62. The molecule has 1 N–H and O–H groups in total. The van der Waals surface area contributed by atoms with Crippen LogP contribution in [0.2, 0.25) is 0 Å². The number of hydrogen-bond donors (Lipinski definition) is 1. The highest BCUT2D eigenvalue weighted by molar-refractivity contribution is 5.70. The molecule has 5 aliphatic rings. The van der Waals surface area contributed by atoms with E-state index in [1.54, 1.807) is 0 Å². The second kappa shape index (κ2) is 4.32. The molecule has 0 unspecified atom stereocenters. The number of carbonyl (C=O) groups is 1. The third kappa shape index (κ3) is 1.62. The van der Waals surface area contributed by atoms with Crippen molar-refractivity contribution in [3.63, 3.8) is 0 Å². The minimum atomic E-state index is -0.286. The van der Waals surface area contributed by atoms with Crippen LogP contribution in [0.5, 0.6) is 0 Å². The topological polar surface area (TPSA) is 59.1 Å². The van der Waals surface area contributed by atoms with Gasteiger partial charge in [0, 0.05) is 11.8 Å². The Morgan fingerprint density at radius 2 is 1.87 bits per heavy atom. The van der Waals surface area contributed by atoms with Gasteiger partial charge in [-0.2, -0.15) is 0 Å². The largest absolute Gasteiger partial charge is 0.432 e. The Balaban J connectivity index is 1.51. The lowest BCUT2D eigenvalue weighted by Crippen LogP contribution is -2.56. The van der Waals surface area contributed by atoms with Crippen molar-refractivity contribution < 1.29 is 19.4 Å². The first kappa shape index (κ1) is 14.7. The van der Waals surface area contributed by atoms with Gasteiger partial charge in [-0.3, -0.25) is 4.79 Å². The summed E-state index contributed by atoms with van der Waals surface area (Å²) >= 11 is 0. The molecule has 2 aliphatic heterocycles. The number of carbonyl (C=O) groups excluding carboxylic acids is 1. The minimum Gasteiger partial charge on any atom is -0.432 e. The summed E-state index contributed by atoms with van der Waals surface area (Å²) in [6.45, 7) is 4.67. The monoisotopic (exact) mass is 320 g/mol. The molecule has 5 fully saturated rings. The van der Waals surface area contributed by atoms with Crippen LogP contribution in [0.15, 0.2) is 0 Å². The molecule has 2 saturated heterocycles. The Bertz CT molecular complexity index is 562. The maximum Gasteiger partial charge on any atom is 0.308 e. The number of hydrogen-bond acceptors (Lipinski definition) is 4. The zero-order valence-electron chi connectivity index (χ0n) is 14.2. The first-order valence-corrected chi connectivity index (χ1v) is 9.46. The highest BCUT2D eigenvalue weighted by atomic mass is 16.8. The van der Waals surface area contributed by atoms with Crippen LogP contribution in [0, 0.1) is 28.6 Å². The Labute approximate surface area is 137 Å². The highest BCUT2D eigenvalue weighted by Crippen LogP contribution is 2.71. The molecule has 0 aromatic heterocycles. The van der Waals surface area contributed by atoms with Crippen LogP contribution in [0.3, 0.4) is 0 Å². The molecule has 4 nitrogen and oxygen atoms in total. The zero-order valence-corrected chi connectivity index (χ0v) is 14.2. The standard InChI is InChI=1S/C19H28O4/c1-17-8-6-13-11(12(17)3-4-14(17)20)5-10-19-16(23-19)22-15(21)7-9-18(13,19)2/h11-14,16,20H,3-10H2,1-2H3/t11-,12-,13-,14-,16+,17-,18+,19-/m0/s1. The van der Waals surface area contributed by atoms with Crippen molar-refractivity contribution in [3.8, 4) is 0 Å². The van der Waals surface area contributed by atoms with Crippen molar-refractivity contribution in [1.29, 1.82) is 0 Å². The Kier molecular flexibility index (Phi) is 2.76. The Morgan fingerprint density at radius 3 is 2.70 bits per heavy atom. The second-order valence-corrected chi connectivity index (χ2v) is 9.30. The second-order valence-electron chi connectivity index (χ2n) is 9.30. The predicted molar refractivity (Wildman–Crippen MR) is 83.3 cm³/mol. The van der Waals surface area contributed by atoms with Gasteiger partial charge >= 0.3 is 5.97 Å². The predicted octanol–water partition coefficient (Wildman–Crippen LogP) is 3.02. The van der Waals surface area contributed by atoms with E-state index >= 15 is 0 Å². The van der Waals surface area contributed by atoms with Crippen molar-refractivity contribution in [1.82, 2.24) is 0 Å². The lowest BCUT2D eigenvalue weighted by molar-refractivity contribution is -0.149. The maximum atomic E-state index is 11.9. The number of fused-ring (bicyclic) bond motifs is 4. The summed E-state index contributed by atoms with van der Waals surface area (Å²) in [5.41, 5.74) is -0.0320. The third-order valence-corrected chi connectivity index (χ3v) is 8.75. The first-order valence-electron chi connectivity index (χ1n) is 9.46. The summed E-state index contributed by atoms with van der Waals surface area (Å²) in [4.78, 5) is 11.9. The van der Waals surface area contributed by atoms with Crippen LogP contribution in [-0.4, -0.2) is 29.1 Å². The van der Waals surface area contributed by atoms with Gasteiger partial charge in [0.1, 0.15) is 5.60 Å². The fourth-order valence-corrected chi connectivity index (χ4v) is 7.23. The van der Waals surface area contributed by atoms with Gasteiger partial charge in [-0.05, 0) is 68.1 Å². The number of ether oxygens (including phenoxy) is 2. The number of epoxide rings is 1. The molecule has 0 radical (unpaired) electrons. The van der Waals surface area contributed by atoms with Crippen LogP contribution >= 0.6 is 0 Å². The fourth-order valence-electron chi connectivity index (χ4n) is 7.23. The number of aliphatic hydroxyl groups excluding tert-OH is 1. The number of esters is 1. The minimum absolute atomic E-state index is 0.0572. The van der Waals surface area contributed by atoms with Crippen molar-refractivity contribution in [2.45, 2.75) is 83.2 Å². The van der Waals surface area contributed by atoms with E-state index in [-0.39, 0.29) is 34.8 Å². The van der Waals surface area contributed by atoms with E-state index in [1.807, 2.05) is 0 Å². The van der Waals surface area contributed by atoms with E-state index in [4.69, 9.17) is 9.47 Å². The lowest BCUT2D eigenvalue weighted by Gasteiger charge is -2.57. The lowest BCUT2D eigenvalue weighted by atomic mass is 9.46. The molecular weight excluding hydrogens is 292 g/mol. The highest BCUT2D eigenvalue weighted by Gasteiger charge is 2.75. The van der Waals surface area contributed by atoms with Gasteiger partial charge in [0.25, 0.3) is 0 Å². The van der Waals surface area contributed by atoms with Gasteiger partial charge in [0.2, 0.25) is 6.29 Å². The molecule has 3 saturated carbocycles. The molecule has 23 heavy (non-hydrogen) atoms. The molecule has 4 heteroatoms. The van der Waals surface area contributed by atoms with E-state index in [1.165, 1.54) is 12.8 Å². The Morgan fingerprint density at radius 1 is 1.04 bits per heavy atom. The molecule has 0 bridgehead atoms. The summed E-state index contributed by atoms with van der Waals surface area (Å²) < 4.78 is 11.5. The molecule has 5 rings (SSSR count). The van der Waals surface area contributed by atoms with E-state index in [0.717, 1.165) is 32.1 Å². The van der Waals surface area contributed by atoms with E-state index in [9.17, 15) is 9.90 Å². The van der Waals surface area contributed by atoms with Crippen molar-refractivity contribution in [2.24, 2.45) is 28.6 Å². The number of rotatable bonds is 0. The third-order valence-electron chi connectivity index (χ3n) is 8.75. The maximum absolute atomic E-state index is 11.9. The van der Waals surface area contributed by atoms with Gasteiger partial charge < -0.3 is 14.6 Å². The van der Waals surface area contributed by atoms with Crippen LogP contribution < -0.4 is 0 Å². The molecule has 0 aromatic carbocycles. The van der Waals surface area contributed by atoms with Crippen molar-refractivity contribution in [3.05, 3.63) is 0 Å². The van der Waals surface area contributed by atoms with E-state index < -0.39 is 0 Å². The fraction of sp³-hybridized carbons (Fsp3) is 0.947. The summed E-state index contributed by atoms with van der Waals surface area (Å²) in [6, 6.07) is 0. The number of aliphatic hydroxyl groups is 1. The van der Waals surface area contributed by atoms with E-state index in [2.05, 4.69) is 13.8 Å². The molecule has 3 aliphatic carbocycles. The van der Waals surface area contributed by atoms with E-state index in [0.29, 0.717) is 24.2 Å². The SMILES string of the molecule is C[C@]12CC[C@H]3[C@@H](CC[C@]45O[C@H]4OC(=O)CC[C@]35C)[C@@H]1CC[C@@H]2O. The Hall–Kier alpha value is -0.610. The smallest absolute Gasteiger partial charge is 0.308 e. The van der Waals surface area contributed by atoms with Gasteiger partial charge in [-0.1, -0.05) is 13.8 Å². The molecule has 8 atom stereocenters. The van der Waals surface area contributed by atoms with Gasteiger partial charge in [-0.15, -0.1) is 0 Å². The average molecular weight is 320 g/mol. The zero-order chi connectivity index (χ0) is 16.0. The van der Waals surface area contributed by atoms with Crippen LogP contribution in [0.1, 0.15) is 65.2 Å². The average Bonchev–Trinajstić information content (AvgIpc) is 3.14. The first-order chi connectivity index (χ1) is 10.9. The molecule has 128 valence electrons. The van der Waals surface area contributed by atoms with Crippen LogP contribution in [0.25, 0.3) is 0 Å². The van der Waals surface area contributed by atoms with Gasteiger partial charge in [0.15, 0.2) is 0 Å². The molecule has 0 amide bonds. The van der Waals surface area contributed by atoms with Crippen molar-refractivity contribution >= 4 is 5.97 Å². The van der Waals surface area contributed by atoms with Crippen LogP contribution in [0.4, 0.5) is 0 Å². The summed E-state index contributed by atoms with van der Waals surface area (Å²) in [7, 11) is 0. The summed E-state index contributed by atoms with van der Waals surface area (Å²) in [5, 5.41) is 10.5. The molecular formula is C19H28O4. The normalized spacial score (nSPS) is 60.7. The van der Waals surface area contributed by atoms with Crippen LogP contribution in [-0.2, 0) is 14.3 Å². The summed E-state index contributed by atoms with van der Waals surface area (Å²) in [5.74, 6) is 1.84. The quantitative estimate of drug-likeness (QED) is 0.550. The van der Waals surface area contributed by atoms with Gasteiger partial charge in [-0.25, -0.2) is 0 Å². The molecule has 2 heterocycles.